The Bertz CT molecular complexity index is 793. The van der Waals surface area contributed by atoms with Crippen LogP contribution < -0.4 is 10.6 Å². The number of nitrogens with zero attached hydrogens (tertiary/aromatic N) is 1. The van der Waals surface area contributed by atoms with Crippen molar-refractivity contribution in [2.75, 3.05) is 0 Å². The second-order valence-electron chi connectivity index (χ2n) is 6.22. The third-order valence-electron chi connectivity index (χ3n) is 4.64. The Kier molecular flexibility index (Phi) is 4.05. The maximum atomic E-state index is 12.4. The van der Waals surface area contributed by atoms with Gasteiger partial charge < -0.3 is 15.1 Å². The van der Waals surface area contributed by atoms with Gasteiger partial charge in [0.1, 0.15) is 6.07 Å². The van der Waals surface area contributed by atoms with Crippen LogP contribution in [0.15, 0.2) is 50.8 Å². The van der Waals surface area contributed by atoms with Crippen molar-refractivity contribution in [1.82, 2.24) is 10.6 Å². The van der Waals surface area contributed by atoms with Crippen LogP contribution in [0.2, 0.25) is 0 Å². The lowest BCUT2D eigenvalue weighted by atomic mass is 9.95. The second kappa shape index (κ2) is 6.34. The highest BCUT2D eigenvalue weighted by molar-refractivity contribution is 7.99. The van der Waals surface area contributed by atoms with Gasteiger partial charge >= 0.3 is 0 Å². The molecule has 2 N–H and O–H groups in total. The quantitative estimate of drug-likeness (QED) is 0.895. The molecule has 2 aliphatic rings. The highest BCUT2D eigenvalue weighted by Crippen LogP contribution is 2.30. The number of hydrogen-bond acceptors (Lipinski definition) is 5. The molecule has 0 aliphatic carbocycles. The van der Waals surface area contributed by atoms with Crippen LogP contribution in [0.25, 0.3) is 0 Å². The van der Waals surface area contributed by atoms with E-state index in [0.717, 1.165) is 17.7 Å². The van der Waals surface area contributed by atoms with Crippen LogP contribution in [0.3, 0.4) is 0 Å². The Hall–Kier alpha value is -2.23. The first-order valence-corrected chi connectivity index (χ1v) is 8.88. The molecule has 2 fully saturated rings. The van der Waals surface area contributed by atoms with E-state index in [1.165, 1.54) is 18.2 Å². The Labute approximate surface area is 144 Å². The van der Waals surface area contributed by atoms with Crippen molar-refractivity contribution in [3.63, 3.8) is 0 Å². The fourth-order valence-corrected chi connectivity index (χ4v) is 4.23. The lowest BCUT2D eigenvalue weighted by Gasteiger charge is -2.21. The normalized spacial score (nSPS) is 24.7. The van der Waals surface area contributed by atoms with Gasteiger partial charge in [0.2, 0.25) is 5.76 Å². The smallest absolute Gasteiger partial charge is 0.251 e. The van der Waals surface area contributed by atoms with Crippen molar-refractivity contribution in [3.05, 3.63) is 47.7 Å². The summed E-state index contributed by atoms with van der Waals surface area (Å²) in [7, 11) is 0. The molecule has 24 heavy (non-hydrogen) atoms. The largest absolute Gasteiger partial charge is 0.439 e. The molecule has 3 heterocycles. The zero-order chi connectivity index (χ0) is 16.5. The predicted molar refractivity (Wildman–Crippen MR) is 89.8 cm³/mol. The molecule has 1 aromatic carbocycles. The number of fused-ring (bicyclic) bond motifs is 2. The molecular formula is C18H17N3O2S. The van der Waals surface area contributed by atoms with Gasteiger partial charge in [-0.15, -0.1) is 0 Å². The van der Waals surface area contributed by atoms with Gasteiger partial charge in [0.25, 0.3) is 5.91 Å². The molecule has 2 bridgehead atoms. The number of amides is 1. The number of nitrogens with one attached hydrogen (secondary N) is 2. The van der Waals surface area contributed by atoms with Gasteiger partial charge in [-0.1, -0.05) is 11.8 Å². The van der Waals surface area contributed by atoms with Crippen molar-refractivity contribution in [2.24, 2.45) is 0 Å². The third kappa shape index (κ3) is 3.05. The molecule has 2 aromatic rings. The molecule has 5 nitrogen and oxygen atoms in total. The van der Waals surface area contributed by atoms with Gasteiger partial charge in [-0.25, -0.2) is 0 Å². The molecule has 1 aromatic heterocycles. The Morgan fingerprint density at radius 1 is 1.25 bits per heavy atom. The number of hydrogen-bond donors (Lipinski definition) is 2. The first-order chi connectivity index (χ1) is 11.7. The number of nitriles is 1. The van der Waals surface area contributed by atoms with E-state index in [1.54, 1.807) is 12.1 Å². The molecule has 122 valence electrons. The average molecular weight is 339 g/mol. The van der Waals surface area contributed by atoms with Gasteiger partial charge in [0.15, 0.2) is 5.09 Å². The fraction of sp³-hybridized carbons (Fsp3) is 0.333. The molecule has 0 spiro atoms. The number of carbonyl (C=O) groups is 1. The molecule has 0 saturated carbocycles. The maximum Gasteiger partial charge on any atom is 0.251 e. The molecule has 3 unspecified atom stereocenters. The molecular weight excluding hydrogens is 322 g/mol. The highest BCUT2D eigenvalue weighted by atomic mass is 32.2. The SMILES string of the molecule is N#Cc1ccc(Sc2ccc(C(=O)NC3CC4CCC3N4)cc2)o1. The van der Waals surface area contributed by atoms with Crippen molar-refractivity contribution in [2.45, 2.75) is 47.4 Å². The summed E-state index contributed by atoms with van der Waals surface area (Å²) in [5, 5.41) is 16.1. The number of furan rings is 1. The molecule has 4 rings (SSSR count). The van der Waals surface area contributed by atoms with Crippen LogP contribution in [-0.4, -0.2) is 24.0 Å². The van der Waals surface area contributed by atoms with E-state index in [9.17, 15) is 4.79 Å². The highest BCUT2D eigenvalue weighted by Gasteiger charge is 2.39. The molecule has 1 amide bonds. The number of rotatable bonds is 4. The van der Waals surface area contributed by atoms with Crippen molar-refractivity contribution >= 4 is 17.7 Å². The zero-order valence-electron chi connectivity index (χ0n) is 13.0. The Balaban J connectivity index is 1.38. The van der Waals surface area contributed by atoms with Crippen LogP contribution in [0, 0.1) is 11.3 Å². The minimum Gasteiger partial charge on any atom is -0.439 e. The Morgan fingerprint density at radius 3 is 2.71 bits per heavy atom. The summed E-state index contributed by atoms with van der Waals surface area (Å²) in [5.41, 5.74) is 0.666. The lowest BCUT2D eigenvalue weighted by molar-refractivity contribution is 0.0931. The second-order valence-corrected chi connectivity index (χ2v) is 7.30. The van der Waals surface area contributed by atoms with E-state index in [0.29, 0.717) is 28.5 Å². The molecule has 2 aliphatic heterocycles. The van der Waals surface area contributed by atoms with Crippen LogP contribution in [0.5, 0.6) is 0 Å². The van der Waals surface area contributed by atoms with Crippen LogP contribution in [0.4, 0.5) is 0 Å². The van der Waals surface area contributed by atoms with Gasteiger partial charge in [-0.3, -0.25) is 4.79 Å². The van der Waals surface area contributed by atoms with E-state index in [1.807, 2.05) is 30.3 Å². The van der Waals surface area contributed by atoms with Crippen molar-refractivity contribution in [3.8, 4) is 6.07 Å². The van der Waals surface area contributed by atoms with E-state index in [2.05, 4.69) is 10.6 Å². The predicted octanol–water partition coefficient (Wildman–Crippen LogP) is 2.93. The van der Waals surface area contributed by atoms with Crippen molar-refractivity contribution < 1.29 is 9.21 Å². The minimum absolute atomic E-state index is 0.0179. The molecule has 6 heteroatoms. The summed E-state index contributed by atoms with van der Waals surface area (Å²) < 4.78 is 5.35. The first-order valence-electron chi connectivity index (χ1n) is 8.06. The van der Waals surface area contributed by atoms with E-state index >= 15 is 0 Å². The van der Waals surface area contributed by atoms with Crippen LogP contribution in [0.1, 0.15) is 35.4 Å². The van der Waals surface area contributed by atoms with Crippen LogP contribution in [-0.2, 0) is 0 Å². The maximum absolute atomic E-state index is 12.4. The number of benzene rings is 1. The van der Waals surface area contributed by atoms with Crippen LogP contribution >= 0.6 is 11.8 Å². The van der Waals surface area contributed by atoms with Gasteiger partial charge in [-0.2, -0.15) is 5.26 Å². The summed E-state index contributed by atoms with van der Waals surface area (Å²) in [5.74, 6) is 0.281. The van der Waals surface area contributed by atoms with E-state index in [4.69, 9.17) is 9.68 Å². The van der Waals surface area contributed by atoms with Crippen molar-refractivity contribution in [1.29, 1.82) is 5.26 Å². The fourth-order valence-electron chi connectivity index (χ4n) is 3.46. The molecule has 2 saturated heterocycles. The Morgan fingerprint density at radius 2 is 2.08 bits per heavy atom. The third-order valence-corrected chi connectivity index (χ3v) is 5.57. The topological polar surface area (TPSA) is 78.1 Å². The summed E-state index contributed by atoms with van der Waals surface area (Å²) in [6.45, 7) is 0. The summed E-state index contributed by atoms with van der Waals surface area (Å²) in [6, 6.07) is 14.1. The summed E-state index contributed by atoms with van der Waals surface area (Å²) in [6.07, 6.45) is 3.41. The number of carbonyl (C=O) groups excluding carboxylic acids is 1. The first kappa shape index (κ1) is 15.3. The zero-order valence-corrected chi connectivity index (χ0v) is 13.8. The summed E-state index contributed by atoms with van der Waals surface area (Å²) in [4.78, 5) is 13.4. The average Bonchev–Trinajstić information content (AvgIpc) is 3.32. The van der Waals surface area contributed by atoms with Gasteiger partial charge in [0, 0.05) is 28.6 Å². The minimum atomic E-state index is -0.0179. The van der Waals surface area contributed by atoms with Gasteiger partial charge in [0.05, 0.1) is 0 Å². The summed E-state index contributed by atoms with van der Waals surface area (Å²) >= 11 is 1.43. The molecule has 3 atom stereocenters. The molecule has 0 radical (unpaired) electrons. The monoisotopic (exact) mass is 339 g/mol. The van der Waals surface area contributed by atoms with E-state index in [-0.39, 0.29) is 11.9 Å². The van der Waals surface area contributed by atoms with E-state index < -0.39 is 0 Å². The lowest BCUT2D eigenvalue weighted by Crippen LogP contribution is -2.42. The standard InChI is InChI=1S/C18H17N3O2S/c19-10-13-4-8-17(23-13)24-14-5-1-11(2-6-14)18(22)21-16-9-12-3-7-15(16)20-12/h1-2,4-6,8,12,15-16,20H,3,7,9H2,(H,21,22). The van der Waals surface area contributed by atoms with Gasteiger partial charge in [-0.05, 0) is 55.7 Å².